The zero-order chi connectivity index (χ0) is 23.8. The molecule has 0 saturated heterocycles. The fraction of sp³-hybridized carbons (Fsp3) is 0.346. The van der Waals surface area contributed by atoms with E-state index < -0.39 is 16.7 Å². The summed E-state index contributed by atoms with van der Waals surface area (Å²) in [7, 11) is 0. The lowest BCUT2D eigenvalue weighted by molar-refractivity contribution is -0.133. The van der Waals surface area contributed by atoms with E-state index in [0.717, 1.165) is 34.6 Å². The molecule has 1 aliphatic rings. The molecule has 2 heterocycles. The van der Waals surface area contributed by atoms with Crippen molar-refractivity contribution in [3.8, 4) is 11.1 Å². The molecule has 0 fully saturated rings. The average Bonchev–Trinajstić information content (AvgIpc) is 3.36. The lowest BCUT2D eigenvalue weighted by Crippen LogP contribution is -2.35. The van der Waals surface area contributed by atoms with Crippen molar-refractivity contribution in [2.45, 2.75) is 51.8 Å². The highest BCUT2D eigenvalue weighted by molar-refractivity contribution is 7.12. The second-order valence-corrected chi connectivity index (χ2v) is 10.3. The molecule has 0 radical (unpaired) electrons. The van der Waals surface area contributed by atoms with E-state index in [2.05, 4.69) is 6.07 Å². The van der Waals surface area contributed by atoms with Gasteiger partial charge in [-0.25, -0.2) is 4.79 Å². The number of aryl methyl sites for hydroxylation is 2. The van der Waals surface area contributed by atoms with Gasteiger partial charge in [0, 0.05) is 17.0 Å². The summed E-state index contributed by atoms with van der Waals surface area (Å²) in [6.45, 7) is 6.07. The monoisotopic (exact) mass is 473 g/mol. The standard InChI is InChI=1S/C26H26F3NO2S/c1-25(2,3)32-24(31)30-14-13-19-15-17(10-12-22(19)30)9-11-20-16-21(18-7-5-4-6-8-18)23(33-20)26(27,28)29/h4-8,10,12,15-16H,9,11,13-14H2,1-3H3. The molecule has 0 bridgehead atoms. The van der Waals surface area contributed by atoms with E-state index in [9.17, 15) is 18.0 Å². The molecular weight excluding hydrogens is 447 g/mol. The molecule has 1 amide bonds. The number of carbonyl (C=O) groups excluding carboxylic acids is 1. The highest BCUT2D eigenvalue weighted by Gasteiger charge is 2.36. The Morgan fingerprint density at radius 2 is 1.76 bits per heavy atom. The normalized spacial score (nSPS) is 13.8. The molecule has 33 heavy (non-hydrogen) atoms. The first kappa shape index (κ1) is 23.4. The van der Waals surface area contributed by atoms with Crippen molar-refractivity contribution in [3.05, 3.63) is 75.5 Å². The Balaban J connectivity index is 1.50. The van der Waals surface area contributed by atoms with Crippen LogP contribution in [0.5, 0.6) is 0 Å². The zero-order valence-corrected chi connectivity index (χ0v) is 19.6. The molecule has 3 aromatic rings. The lowest BCUT2D eigenvalue weighted by Gasteiger charge is -2.24. The van der Waals surface area contributed by atoms with Crippen molar-refractivity contribution < 1.29 is 22.7 Å². The Morgan fingerprint density at radius 1 is 1.03 bits per heavy atom. The van der Waals surface area contributed by atoms with Crippen LogP contribution >= 0.6 is 11.3 Å². The second-order valence-electron chi connectivity index (χ2n) is 9.16. The smallest absolute Gasteiger partial charge is 0.426 e. The maximum Gasteiger partial charge on any atom is 0.426 e. The maximum absolute atomic E-state index is 13.6. The predicted octanol–water partition coefficient (Wildman–Crippen LogP) is 7.52. The van der Waals surface area contributed by atoms with Crippen LogP contribution in [-0.4, -0.2) is 18.2 Å². The minimum atomic E-state index is -4.38. The summed E-state index contributed by atoms with van der Waals surface area (Å²) >= 11 is 0.821. The summed E-state index contributed by atoms with van der Waals surface area (Å²) in [5, 5.41) is 0. The van der Waals surface area contributed by atoms with E-state index in [1.807, 2.05) is 32.9 Å². The van der Waals surface area contributed by atoms with Gasteiger partial charge in [0.2, 0.25) is 0 Å². The van der Waals surface area contributed by atoms with E-state index in [1.165, 1.54) is 0 Å². The van der Waals surface area contributed by atoms with Crippen LogP contribution in [0.1, 0.15) is 41.7 Å². The molecular formula is C26H26F3NO2S. The molecule has 3 nitrogen and oxygen atoms in total. The summed E-state index contributed by atoms with van der Waals surface area (Å²) in [5.41, 5.74) is 3.20. The van der Waals surface area contributed by atoms with Crippen molar-refractivity contribution in [3.63, 3.8) is 0 Å². The molecule has 0 aliphatic carbocycles. The Hall–Kier alpha value is -2.80. The number of hydrogen-bond acceptors (Lipinski definition) is 3. The SMILES string of the molecule is CC(C)(C)OC(=O)N1CCc2cc(CCc3cc(-c4ccccc4)c(C(F)(F)F)s3)ccc21. The molecule has 174 valence electrons. The molecule has 0 N–H and O–H groups in total. The number of rotatable bonds is 4. The number of hydrogen-bond donors (Lipinski definition) is 0. The van der Waals surface area contributed by atoms with Crippen LogP contribution in [0, 0.1) is 0 Å². The van der Waals surface area contributed by atoms with Gasteiger partial charge in [0.05, 0.1) is 5.69 Å². The van der Waals surface area contributed by atoms with E-state index in [1.54, 1.807) is 41.3 Å². The molecule has 0 unspecified atom stereocenters. The number of anilines is 1. The third kappa shape index (κ3) is 5.41. The van der Waals surface area contributed by atoms with Crippen LogP contribution in [0.25, 0.3) is 11.1 Å². The van der Waals surface area contributed by atoms with Gasteiger partial charge in [-0.05, 0) is 68.9 Å². The molecule has 0 saturated carbocycles. The van der Waals surface area contributed by atoms with Gasteiger partial charge in [-0.15, -0.1) is 11.3 Å². The zero-order valence-electron chi connectivity index (χ0n) is 18.8. The number of benzene rings is 2. The fourth-order valence-corrected chi connectivity index (χ4v) is 5.04. The quantitative estimate of drug-likeness (QED) is 0.392. The molecule has 0 atom stereocenters. The minimum Gasteiger partial charge on any atom is -0.443 e. The van der Waals surface area contributed by atoms with Crippen molar-refractivity contribution in [2.75, 3.05) is 11.4 Å². The van der Waals surface area contributed by atoms with Crippen LogP contribution in [-0.2, 0) is 30.2 Å². The first-order valence-corrected chi connectivity index (χ1v) is 11.7. The van der Waals surface area contributed by atoms with E-state index in [0.29, 0.717) is 29.8 Å². The summed E-state index contributed by atoms with van der Waals surface area (Å²) in [4.78, 5) is 14.3. The number of thiophene rings is 1. The third-order valence-electron chi connectivity index (χ3n) is 5.44. The Bertz CT molecular complexity index is 1150. The first-order valence-electron chi connectivity index (χ1n) is 10.9. The number of halogens is 3. The van der Waals surface area contributed by atoms with E-state index in [4.69, 9.17) is 4.74 Å². The van der Waals surface area contributed by atoms with Crippen LogP contribution in [0.3, 0.4) is 0 Å². The van der Waals surface area contributed by atoms with Crippen molar-refractivity contribution in [1.29, 1.82) is 0 Å². The van der Waals surface area contributed by atoms with Crippen molar-refractivity contribution >= 4 is 23.1 Å². The molecule has 2 aromatic carbocycles. The lowest BCUT2D eigenvalue weighted by atomic mass is 10.0. The summed E-state index contributed by atoms with van der Waals surface area (Å²) in [6.07, 6.45) is -2.86. The van der Waals surface area contributed by atoms with Gasteiger partial charge in [0.15, 0.2) is 0 Å². The van der Waals surface area contributed by atoms with E-state index in [-0.39, 0.29) is 11.7 Å². The second kappa shape index (κ2) is 8.86. The molecule has 0 spiro atoms. The third-order valence-corrected chi connectivity index (χ3v) is 6.68. The minimum absolute atomic E-state index is 0.241. The fourth-order valence-electron chi connectivity index (χ4n) is 3.99. The number of carbonyl (C=O) groups is 1. The van der Waals surface area contributed by atoms with E-state index >= 15 is 0 Å². The topological polar surface area (TPSA) is 29.5 Å². The van der Waals surface area contributed by atoms with Gasteiger partial charge in [0.25, 0.3) is 0 Å². The Morgan fingerprint density at radius 3 is 2.42 bits per heavy atom. The molecule has 7 heteroatoms. The first-order chi connectivity index (χ1) is 15.5. The summed E-state index contributed by atoms with van der Waals surface area (Å²) in [6, 6.07) is 16.3. The highest BCUT2D eigenvalue weighted by atomic mass is 32.1. The van der Waals surface area contributed by atoms with Crippen molar-refractivity contribution in [2.24, 2.45) is 0 Å². The van der Waals surface area contributed by atoms with Gasteiger partial charge in [-0.2, -0.15) is 13.2 Å². The molecule has 1 aliphatic heterocycles. The van der Waals surface area contributed by atoms with Gasteiger partial charge >= 0.3 is 12.3 Å². The number of alkyl halides is 3. The Kier molecular flexibility index (Phi) is 6.27. The number of nitrogens with zero attached hydrogens (tertiary/aromatic N) is 1. The highest BCUT2D eigenvalue weighted by Crippen LogP contribution is 2.43. The van der Waals surface area contributed by atoms with Crippen molar-refractivity contribution in [1.82, 2.24) is 0 Å². The number of ether oxygens (including phenoxy) is 1. The van der Waals surface area contributed by atoms with Crippen LogP contribution in [0.2, 0.25) is 0 Å². The number of fused-ring (bicyclic) bond motifs is 1. The van der Waals surface area contributed by atoms with Crippen LogP contribution in [0.15, 0.2) is 54.6 Å². The van der Waals surface area contributed by atoms with Gasteiger partial charge in [-0.1, -0.05) is 42.5 Å². The summed E-state index contributed by atoms with van der Waals surface area (Å²) < 4.78 is 46.4. The Labute approximate surface area is 195 Å². The average molecular weight is 474 g/mol. The largest absolute Gasteiger partial charge is 0.443 e. The number of amides is 1. The van der Waals surface area contributed by atoms with Gasteiger partial charge in [0.1, 0.15) is 10.5 Å². The van der Waals surface area contributed by atoms with Crippen LogP contribution in [0.4, 0.5) is 23.7 Å². The van der Waals surface area contributed by atoms with Crippen LogP contribution < -0.4 is 4.90 Å². The van der Waals surface area contributed by atoms with Gasteiger partial charge < -0.3 is 4.74 Å². The molecule has 4 rings (SSSR count). The summed E-state index contributed by atoms with van der Waals surface area (Å²) in [5.74, 6) is 0. The maximum atomic E-state index is 13.6. The van der Waals surface area contributed by atoms with Gasteiger partial charge in [-0.3, -0.25) is 4.90 Å². The molecule has 1 aromatic heterocycles. The predicted molar refractivity (Wildman–Crippen MR) is 126 cm³/mol.